The third kappa shape index (κ3) is 3.70. The summed E-state index contributed by atoms with van der Waals surface area (Å²) in [6, 6.07) is 6.68. The van der Waals surface area contributed by atoms with E-state index in [0.29, 0.717) is 17.7 Å². The topological polar surface area (TPSA) is 65.2 Å². The van der Waals surface area contributed by atoms with E-state index in [0.717, 1.165) is 0 Å². The third-order valence-electron chi connectivity index (χ3n) is 3.39. The van der Waals surface area contributed by atoms with Gasteiger partial charge in [0.05, 0.1) is 10.6 Å². The summed E-state index contributed by atoms with van der Waals surface area (Å²) < 4.78 is 49.8. The first kappa shape index (κ1) is 17.9. The molecule has 134 valence electrons. The van der Waals surface area contributed by atoms with Crippen LogP contribution < -0.4 is 0 Å². The summed E-state index contributed by atoms with van der Waals surface area (Å²) in [7, 11) is 0. The molecule has 0 N–H and O–H groups in total. The van der Waals surface area contributed by atoms with E-state index in [1.54, 1.807) is 0 Å². The molecule has 3 aromatic rings. The molecule has 9 heteroatoms. The normalized spacial score (nSPS) is 12.0. The lowest BCUT2D eigenvalue weighted by Crippen LogP contribution is -2.11. The number of halogens is 4. The smallest absolute Gasteiger partial charge is 0.340 e. The van der Waals surface area contributed by atoms with Gasteiger partial charge in [-0.3, -0.25) is 0 Å². The predicted octanol–water partition coefficient (Wildman–Crippen LogP) is 4.73. The number of rotatable bonds is 4. The summed E-state index contributed by atoms with van der Waals surface area (Å²) in [4.78, 5) is 12.1. The molecule has 1 aromatic heterocycles. The Bertz CT molecular complexity index is 960. The maximum atomic E-state index is 13.3. The minimum Gasteiger partial charge on any atom is -0.449 e. The fourth-order valence-corrected chi connectivity index (χ4v) is 2.29. The molecule has 0 aliphatic rings. The quantitative estimate of drug-likeness (QED) is 0.482. The fourth-order valence-electron chi connectivity index (χ4n) is 2.06. The van der Waals surface area contributed by atoms with Crippen LogP contribution in [-0.2, 0) is 4.74 Å². The molecule has 2 aromatic carbocycles. The van der Waals surface area contributed by atoms with Crippen LogP contribution in [0.3, 0.4) is 0 Å². The van der Waals surface area contributed by atoms with Gasteiger partial charge in [-0.1, -0.05) is 11.6 Å². The van der Waals surface area contributed by atoms with Gasteiger partial charge in [-0.25, -0.2) is 18.0 Å². The first-order chi connectivity index (χ1) is 12.3. The summed E-state index contributed by atoms with van der Waals surface area (Å²) in [6.07, 6.45) is -0.978. The van der Waals surface area contributed by atoms with Crippen LogP contribution in [0.4, 0.5) is 13.2 Å². The number of benzene rings is 2. The SMILES string of the molecule is C[C@H](OC(=O)c1cc(F)c(F)cc1Cl)c1nnc(-c2ccc(F)cc2)o1. The average molecular weight is 383 g/mol. The Hall–Kier alpha value is -2.87. The number of hydrogen-bond donors (Lipinski definition) is 0. The lowest BCUT2D eigenvalue weighted by atomic mass is 10.2. The second kappa shape index (κ2) is 7.17. The molecule has 0 aliphatic carbocycles. The molecule has 0 unspecified atom stereocenters. The molecule has 0 spiro atoms. The minimum atomic E-state index is -1.23. The maximum Gasteiger partial charge on any atom is 0.340 e. The van der Waals surface area contributed by atoms with E-state index >= 15 is 0 Å². The van der Waals surface area contributed by atoms with Gasteiger partial charge >= 0.3 is 5.97 Å². The summed E-state index contributed by atoms with van der Waals surface area (Å²) in [5.41, 5.74) is 0.142. The van der Waals surface area contributed by atoms with Gasteiger partial charge in [0.1, 0.15) is 5.82 Å². The maximum absolute atomic E-state index is 13.3. The third-order valence-corrected chi connectivity index (χ3v) is 3.71. The predicted molar refractivity (Wildman–Crippen MR) is 84.9 cm³/mol. The van der Waals surface area contributed by atoms with Crippen molar-refractivity contribution in [2.45, 2.75) is 13.0 Å². The number of carbonyl (C=O) groups is 1. The van der Waals surface area contributed by atoms with Crippen molar-refractivity contribution in [1.29, 1.82) is 0 Å². The standard InChI is InChI=1S/C17H10ClF3N2O3/c1-8(25-17(24)11-6-13(20)14(21)7-12(11)18)15-22-23-16(26-15)9-2-4-10(19)5-3-9/h2-8H,1H3/t8-/m0/s1. The van der Waals surface area contributed by atoms with Gasteiger partial charge in [-0.05, 0) is 43.3 Å². The number of esters is 1. The van der Waals surface area contributed by atoms with Crippen LogP contribution in [0.15, 0.2) is 40.8 Å². The van der Waals surface area contributed by atoms with E-state index < -0.39 is 29.5 Å². The van der Waals surface area contributed by atoms with Crippen LogP contribution >= 0.6 is 11.6 Å². The van der Waals surface area contributed by atoms with Crippen LogP contribution in [0.25, 0.3) is 11.5 Å². The molecule has 0 bridgehead atoms. The molecule has 5 nitrogen and oxygen atoms in total. The van der Waals surface area contributed by atoms with E-state index in [1.165, 1.54) is 31.2 Å². The van der Waals surface area contributed by atoms with Gasteiger partial charge in [0.25, 0.3) is 5.89 Å². The van der Waals surface area contributed by atoms with Gasteiger partial charge in [0, 0.05) is 5.56 Å². The summed E-state index contributed by atoms with van der Waals surface area (Å²) in [5.74, 6) is -3.74. The van der Waals surface area contributed by atoms with Gasteiger partial charge < -0.3 is 9.15 Å². The van der Waals surface area contributed by atoms with Crippen LogP contribution in [0.5, 0.6) is 0 Å². The van der Waals surface area contributed by atoms with Gasteiger partial charge in [0.15, 0.2) is 17.7 Å². The molecule has 0 saturated carbocycles. The van der Waals surface area contributed by atoms with E-state index in [-0.39, 0.29) is 22.4 Å². The lowest BCUT2D eigenvalue weighted by molar-refractivity contribution is 0.0279. The van der Waals surface area contributed by atoms with Crippen molar-refractivity contribution in [2.75, 3.05) is 0 Å². The molecule has 1 heterocycles. The molecule has 1 atom stereocenters. The first-order valence-corrected chi connectivity index (χ1v) is 7.68. The van der Waals surface area contributed by atoms with Crippen molar-refractivity contribution < 1.29 is 27.1 Å². The fraction of sp³-hybridized carbons (Fsp3) is 0.118. The highest BCUT2D eigenvalue weighted by Gasteiger charge is 2.22. The van der Waals surface area contributed by atoms with E-state index in [9.17, 15) is 18.0 Å². The van der Waals surface area contributed by atoms with Crippen LogP contribution in [0.2, 0.25) is 5.02 Å². The second-order valence-corrected chi connectivity index (χ2v) is 5.65. The van der Waals surface area contributed by atoms with E-state index in [4.69, 9.17) is 20.8 Å². The van der Waals surface area contributed by atoms with Crippen molar-refractivity contribution in [3.8, 4) is 11.5 Å². The van der Waals surface area contributed by atoms with Crippen molar-refractivity contribution in [2.24, 2.45) is 0 Å². The lowest BCUT2D eigenvalue weighted by Gasteiger charge is -2.10. The van der Waals surface area contributed by atoms with Gasteiger partial charge in [-0.15, -0.1) is 10.2 Å². The number of carbonyl (C=O) groups excluding carboxylic acids is 1. The Morgan fingerprint density at radius 2 is 1.77 bits per heavy atom. The zero-order valence-electron chi connectivity index (χ0n) is 13.2. The number of ether oxygens (including phenoxy) is 1. The summed E-state index contributed by atoms with van der Waals surface area (Å²) in [5, 5.41) is 7.26. The molecule has 0 aliphatic heterocycles. The Balaban J connectivity index is 1.76. The Kier molecular flexibility index (Phi) is 4.94. The molecular weight excluding hydrogens is 373 g/mol. The first-order valence-electron chi connectivity index (χ1n) is 7.30. The Morgan fingerprint density at radius 3 is 2.46 bits per heavy atom. The Morgan fingerprint density at radius 1 is 1.12 bits per heavy atom. The Labute approximate surface area is 150 Å². The monoisotopic (exact) mass is 382 g/mol. The molecule has 26 heavy (non-hydrogen) atoms. The summed E-state index contributed by atoms with van der Waals surface area (Å²) >= 11 is 5.73. The summed E-state index contributed by atoms with van der Waals surface area (Å²) in [6.45, 7) is 1.45. The largest absolute Gasteiger partial charge is 0.449 e. The molecule has 3 rings (SSSR count). The number of hydrogen-bond acceptors (Lipinski definition) is 5. The van der Waals surface area contributed by atoms with Crippen LogP contribution in [0.1, 0.15) is 29.3 Å². The second-order valence-electron chi connectivity index (χ2n) is 5.25. The van der Waals surface area contributed by atoms with Crippen LogP contribution in [-0.4, -0.2) is 16.2 Å². The zero-order chi connectivity index (χ0) is 18.8. The average Bonchev–Trinajstić information content (AvgIpc) is 3.09. The molecule has 0 amide bonds. The molecular formula is C17H10ClF3N2O3. The zero-order valence-corrected chi connectivity index (χ0v) is 13.9. The van der Waals surface area contributed by atoms with Crippen molar-refractivity contribution in [3.63, 3.8) is 0 Å². The van der Waals surface area contributed by atoms with Crippen molar-refractivity contribution >= 4 is 17.6 Å². The van der Waals surface area contributed by atoms with Crippen molar-refractivity contribution in [1.82, 2.24) is 10.2 Å². The number of nitrogens with zero attached hydrogens (tertiary/aromatic N) is 2. The van der Waals surface area contributed by atoms with Gasteiger partial charge in [-0.2, -0.15) is 0 Å². The minimum absolute atomic E-state index is 0.0311. The van der Waals surface area contributed by atoms with E-state index in [1.807, 2.05) is 0 Å². The van der Waals surface area contributed by atoms with Crippen LogP contribution in [0, 0.1) is 17.5 Å². The highest BCUT2D eigenvalue weighted by molar-refractivity contribution is 6.33. The molecule has 0 fully saturated rings. The highest BCUT2D eigenvalue weighted by atomic mass is 35.5. The molecule has 0 radical (unpaired) electrons. The van der Waals surface area contributed by atoms with Crippen molar-refractivity contribution in [3.05, 3.63) is 70.3 Å². The molecule has 0 saturated heterocycles. The van der Waals surface area contributed by atoms with E-state index in [2.05, 4.69) is 10.2 Å². The van der Waals surface area contributed by atoms with Gasteiger partial charge in [0.2, 0.25) is 5.89 Å². The number of aromatic nitrogens is 2. The highest BCUT2D eigenvalue weighted by Crippen LogP contribution is 2.26.